The van der Waals surface area contributed by atoms with Gasteiger partial charge in [-0.15, -0.1) is 0 Å². The van der Waals surface area contributed by atoms with Crippen molar-refractivity contribution in [2.75, 3.05) is 23.3 Å². The summed E-state index contributed by atoms with van der Waals surface area (Å²) in [7, 11) is 0. The summed E-state index contributed by atoms with van der Waals surface area (Å²) in [6.45, 7) is 3.79. The minimum atomic E-state index is -0.706. The van der Waals surface area contributed by atoms with Gasteiger partial charge in [0.2, 0.25) is 5.95 Å². The van der Waals surface area contributed by atoms with Crippen LogP contribution in [-0.4, -0.2) is 51.0 Å². The van der Waals surface area contributed by atoms with Gasteiger partial charge in [0.25, 0.3) is 11.8 Å². The molecule has 2 amide bonds. The first-order valence-corrected chi connectivity index (χ1v) is 12.8. The second-order valence-corrected chi connectivity index (χ2v) is 9.93. The van der Waals surface area contributed by atoms with E-state index in [4.69, 9.17) is 16.6 Å². The zero-order chi connectivity index (χ0) is 24.5. The Labute approximate surface area is 211 Å². The van der Waals surface area contributed by atoms with Gasteiger partial charge in [-0.25, -0.2) is 9.97 Å². The topological polar surface area (TPSA) is 123 Å². The number of halogens is 1. The summed E-state index contributed by atoms with van der Waals surface area (Å²) in [6.07, 6.45) is 4.06. The summed E-state index contributed by atoms with van der Waals surface area (Å²) in [6, 6.07) is 8.47. The molecule has 2 aliphatic rings. The van der Waals surface area contributed by atoms with E-state index in [9.17, 15) is 14.7 Å². The van der Waals surface area contributed by atoms with Crippen molar-refractivity contribution >= 4 is 58.0 Å². The van der Waals surface area contributed by atoms with Gasteiger partial charge in [0, 0.05) is 18.0 Å². The first-order chi connectivity index (χ1) is 16.9. The lowest BCUT2D eigenvalue weighted by atomic mass is 10.1. The average molecular weight is 513 g/mol. The van der Waals surface area contributed by atoms with Gasteiger partial charge < -0.3 is 25.6 Å². The Morgan fingerprint density at radius 2 is 2.03 bits per heavy atom. The highest BCUT2D eigenvalue weighted by Gasteiger charge is 2.35. The fourth-order valence-electron chi connectivity index (χ4n) is 4.26. The molecule has 0 saturated carbocycles. The van der Waals surface area contributed by atoms with Crippen molar-refractivity contribution in [1.82, 2.24) is 20.3 Å². The van der Waals surface area contributed by atoms with Crippen molar-refractivity contribution in [3.8, 4) is 0 Å². The van der Waals surface area contributed by atoms with Gasteiger partial charge in [0.1, 0.15) is 21.9 Å². The molecule has 2 aliphatic heterocycles. The molecule has 5 rings (SSSR count). The van der Waals surface area contributed by atoms with E-state index in [1.165, 1.54) is 18.2 Å². The molecule has 0 radical (unpaired) electrons. The number of imidazole rings is 1. The molecule has 182 valence electrons. The van der Waals surface area contributed by atoms with Crippen molar-refractivity contribution in [3.63, 3.8) is 0 Å². The second kappa shape index (κ2) is 9.79. The first kappa shape index (κ1) is 23.5. The van der Waals surface area contributed by atoms with E-state index in [1.807, 2.05) is 25.1 Å². The Balaban J connectivity index is 1.34. The SMILES string of the molecule is CC[C@@H]1NC(=O)C(C(=O)Nc2cccc(Sc3ccc4nc(N5CCCCC5)[nH]c4n3)c2Cl)=C1O. The van der Waals surface area contributed by atoms with E-state index >= 15 is 0 Å². The quantitative estimate of drug-likeness (QED) is 0.361. The van der Waals surface area contributed by atoms with E-state index in [0.29, 0.717) is 27.7 Å². The summed E-state index contributed by atoms with van der Waals surface area (Å²) in [4.78, 5) is 40.5. The Kier molecular flexibility index (Phi) is 6.57. The standard InChI is InChI=1S/C24H25ClN6O3S/c1-2-13-20(32)18(22(33)26-13)23(34)27-14-7-6-8-16(19(14)25)35-17-10-9-15-21(29-17)30-24(28-15)31-11-4-3-5-12-31/h6-10,13,32H,2-5,11-12H2,1H3,(H,26,33)(H,27,34)(H,28,29,30)/t13-/m0/s1. The Hall–Kier alpha value is -3.24. The van der Waals surface area contributed by atoms with Crippen LogP contribution in [-0.2, 0) is 9.59 Å². The van der Waals surface area contributed by atoms with Gasteiger partial charge in [-0.2, -0.15) is 0 Å². The molecule has 11 heteroatoms. The molecular formula is C24H25ClN6O3S. The van der Waals surface area contributed by atoms with Crippen LogP contribution in [0.3, 0.4) is 0 Å². The molecule has 1 aromatic carbocycles. The van der Waals surface area contributed by atoms with E-state index in [-0.39, 0.29) is 11.3 Å². The number of carbonyl (C=O) groups excluding carboxylic acids is 2. The van der Waals surface area contributed by atoms with Crippen molar-refractivity contribution in [1.29, 1.82) is 0 Å². The molecular weight excluding hydrogens is 488 g/mol. The normalized spacial score (nSPS) is 18.3. The third-order valence-electron chi connectivity index (χ3n) is 6.14. The van der Waals surface area contributed by atoms with Gasteiger partial charge >= 0.3 is 0 Å². The number of amides is 2. The van der Waals surface area contributed by atoms with Crippen LogP contribution in [0.4, 0.5) is 11.6 Å². The summed E-state index contributed by atoms with van der Waals surface area (Å²) >= 11 is 7.95. The highest BCUT2D eigenvalue weighted by atomic mass is 35.5. The Morgan fingerprint density at radius 3 is 2.77 bits per heavy atom. The lowest BCUT2D eigenvalue weighted by molar-refractivity contribution is -0.120. The molecule has 9 nitrogen and oxygen atoms in total. The third-order valence-corrected chi connectivity index (χ3v) is 7.66. The summed E-state index contributed by atoms with van der Waals surface area (Å²) in [5, 5.41) is 16.5. The van der Waals surface area contributed by atoms with Crippen LogP contribution < -0.4 is 15.5 Å². The summed E-state index contributed by atoms with van der Waals surface area (Å²) < 4.78 is 0. The number of anilines is 2. The summed E-state index contributed by atoms with van der Waals surface area (Å²) in [5.74, 6) is -0.717. The minimum Gasteiger partial charge on any atom is -0.509 e. The Bertz CT molecular complexity index is 1330. The fraction of sp³-hybridized carbons (Fsp3) is 0.333. The average Bonchev–Trinajstić information content (AvgIpc) is 3.41. The van der Waals surface area contributed by atoms with Crippen LogP contribution in [0.2, 0.25) is 5.02 Å². The fourth-order valence-corrected chi connectivity index (χ4v) is 5.40. The smallest absolute Gasteiger partial charge is 0.264 e. The third kappa shape index (κ3) is 4.68. The molecule has 3 aromatic rings. The number of nitrogens with zero attached hydrogens (tertiary/aromatic N) is 3. The lowest BCUT2D eigenvalue weighted by Crippen LogP contribution is -2.30. The molecule has 1 atom stereocenters. The van der Waals surface area contributed by atoms with Crippen LogP contribution in [0.1, 0.15) is 32.6 Å². The molecule has 35 heavy (non-hydrogen) atoms. The van der Waals surface area contributed by atoms with E-state index in [0.717, 1.165) is 42.4 Å². The lowest BCUT2D eigenvalue weighted by Gasteiger charge is -2.25. The van der Waals surface area contributed by atoms with Crippen LogP contribution in [0.15, 0.2) is 51.6 Å². The molecule has 1 saturated heterocycles. The van der Waals surface area contributed by atoms with Gasteiger partial charge in [0.15, 0.2) is 5.65 Å². The maximum atomic E-state index is 12.7. The molecule has 2 aromatic heterocycles. The van der Waals surface area contributed by atoms with Crippen molar-refractivity contribution in [2.24, 2.45) is 0 Å². The molecule has 0 bridgehead atoms. The highest BCUT2D eigenvalue weighted by Crippen LogP contribution is 2.37. The number of rotatable bonds is 6. The van der Waals surface area contributed by atoms with E-state index in [2.05, 4.69) is 25.5 Å². The van der Waals surface area contributed by atoms with Crippen molar-refractivity contribution in [2.45, 2.75) is 48.6 Å². The van der Waals surface area contributed by atoms with Crippen LogP contribution >= 0.6 is 23.4 Å². The number of hydrogen-bond donors (Lipinski definition) is 4. The number of benzene rings is 1. The number of nitrogens with one attached hydrogen (secondary N) is 3. The Morgan fingerprint density at radius 1 is 1.23 bits per heavy atom. The number of aromatic amines is 1. The van der Waals surface area contributed by atoms with Crippen LogP contribution in [0, 0.1) is 0 Å². The predicted octanol–water partition coefficient (Wildman–Crippen LogP) is 4.41. The zero-order valence-corrected chi connectivity index (χ0v) is 20.7. The first-order valence-electron chi connectivity index (χ1n) is 11.6. The van der Waals surface area contributed by atoms with E-state index < -0.39 is 17.9 Å². The maximum Gasteiger partial charge on any atom is 0.264 e. The second-order valence-electron chi connectivity index (χ2n) is 8.49. The number of hydrogen-bond acceptors (Lipinski definition) is 7. The summed E-state index contributed by atoms with van der Waals surface area (Å²) in [5.41, 5.74) is 1.55. The highest BCUT2D eigenvalue weighted by molar-refractivity contribution is 7.99. The number of aromatic nitrogens is 3. The predicted molar refractivity (Wildman–Crippen MR) is 136 cm³/mol. The largest absolute Gasteiger partial charge is 0.509 e. The molecule has 0 unspecified atom stereocenters. The van der Waals surface area contributed by atoms with Gasteiger partial charge in [0.05, 0.1) is 16.8 Å². The molecule has 0 spiro atoms. The monoisotopic (exact) mass is 512 g/mol. The van der Waals surface area contributed by atoms with Gasteiger partial charge in [-0.3, -0.25) is 9.59 Å². The minimum absolute atomic E-state index is 0.252. The number of piperidine rings is 1. The number of aliphatic hydroxyl groups is 1. The number of pyridine rings is 1. The molecule has 1 fully saturated rings. The number of fused-ring (bicyclic) bond motifs is 1. The van der Waals surface area contributed by atoms with E-state index in [1.54, 1.807) is 12.1 Å². The van der Waals surface area contributed by atoms with Crippen molar-refractivity contribution < 1.29 is 14.7 Å². The van der Waals surface area contributed by atoms with Crippen LogP contribution in [0.5, 0.6) is 0 Å². The number of carbonyl (C=O) groups is 2. The van der Waals surface area contributed by atoms with Crippen LogP contribution in [0.25, 0.3) is 11.2 Å². The zero-order valence-electron chi connectivity index (χ0n) is 19.1. The molecule has 4 N–H and O–H groups in total. The number of H-pyrrole nitrogens is 1. The van der Waals surface area contributed by atoms with Gasteiger partial charge in [-0.1, -0.05) is 36.4 Å². The van der Waals surface area contributed by atoms with Crippen molar-refractivity contribution in [3.05, 3.63) is 46.7 Å². The maximum absolute atomic E-state index is 12.7. The number of aliphatic hydroxyl groups excluding tert-OH is 1. The molecule has 4 heterocycles. The molecule has 0 aliphatic carbocycles. The van der Waals surface area contributed by atoms with Gasteiger partial charge in [-0.05, 0) is 49.9 Å².